The maximum Gasteiger partial charge on any atom is 0.167 e. The van der Waals surface area contributed by atoms with E-state index in [1.54, 1.807) is 0 Å². The van der Waals surface area contributed by atoms with Crippen LogP contribution >= 0.6 is 0 Å². The van der Waals surface area contributed by atoms with Gasteiger partial charge in [0.05, 0.1) is 26.4 Å². The molecule has 2 atom stereocenters. The molecule has 0 N–H and O–H groups in total. The van der Waals surface area contributed by atoms with Crippen LogP contribution in [0.4, 0.5) is 0 Å². The summed E-state index contributed by atoms with van der Waals surface area (Å²) >= 11 is 0. The number of ether oxygens (including phenoxy) is 7. The lowest BCUT2D eigenvalue weighted by molar-refractivity contribution is -0.167. The van der Waals surface area contributed by atoms with E-state index in [-0.39, 0.29) is 13.6 Å². The number of unbranched alkanes of at least 4 members (excludes halogenated alkanes) is 8. The molecule has 0 aliphatic carbocycles. The standard InChI is InChI=1S/C46H74O7/c1-7-13-21-31-41(48-33-15-9-3)45(50-35-17-11-5)43(39-27-23-19-24-28-39)52-37-47-38-53-44(40-29-25-20-26-30-40)46(51-36-18-12-6)42(32-22-14-8-2)49-34-16-10-4/h19-20,23-30,43-44H,7-18,21-22,31-38H2,1-6H3. The summed E-state index contributed by atoms with van der Waals surface area (Å²) in [7, 11) is 0. The molecule has 2 aromatic carbocycles. The van der Waals surface area contributed by atoms with Crippen molar-refractivity contribution in [2.45, 2.75) is 156 Å². The van der Waals surface area contributed by atoms with Crippen molar-refractivity contribution in [1.82, 2.24) is 0 Å². The summed E-state index contributed by atoms with van der Waals surface area (Å²) in [6, 6.07) is 20.5. The first kappa shape index (κ1) is 46.2. The van der Waals surface area contributed by atoms with Crippen molar-refractivity contribution in [2.75, 3.05) is 40.0 Å². The van der Waals surface area contributed by atoms with Crippen LogP contribution in [0.15, 0.2) is 83.7 Å². The molecule has 0 amide bonds. The van der Waals surface area contributed by atoms with Crippen LogP contribution in [0.1, 0.15) is 168 Å². The van der Waals surface area contributed by atoms with Gasteiger partial charge in [-0.3, -0.25) is 0 Å². The molecule has 0 bridgehead atoms. The summed E-state index contributed by atoms with van der Waals surface area (Å²) in [4.78, 5) is 0. The monoisotopic (exact) mass is 739 g/mol. The molecule has 53 heavy (non-hydrogen) atoms. The van der Waals surface area contributed by atoms with Crippen LogP contribution in [0, 0.1) is 0 Å². The topological polar surface area (TPSA) is 64.6 Å². The van der Waals surface area contributed by atoms with Gasteiger partial charge in [0.25, 0.3) is 0 Å². The van der Waals surface area contributed by atoms with Crippen molar-refractivity contribution >= 4 is 0 Å². The zero-order valence-corrected chi connectivity index (χ0v) is 34.3. The van der Waals surface area contributed by atoms with Gasteiger partial charge in [0.1, 0.15) is 23.7 Å². The first-order valence-electron chi connectivity index (χ1n) is 21.0. The third-order valence-electron chi connectivity index (χ3n) is 8.94. The summed E-state index contributed by atoms with van der Waals surface area (Å²) < 4.78 is 45.4. The van der Waals surface area contributed by atoms with Crippen molar-refractivity contribution in [3.63, 3.8) is 0 Å². The number of hydrogen-bond acceptors (Lipinski definition) is 7. The number of allylic oxidation sites excluding steroid dienone is 2. The van der Waals surface area contributed by atoms with Gasteiger partial charge >= 0.3 is 0 Å². The Morgan fingerprint density at radius 1 is 0.415 bits per heavy atom. The molecule has 0 fully saturated rings. The minimum absolute atomic E-state index is 0.00497. The molecule has 0 saturated carbocycles. The van der Waals surface area contributed by atoms with Crippen LogP contribution in [0.25, 0.3) is 0 Å². The maximum atomic E-state index is 6.59. The highest BCUT2D eigenvalue weighted by Crippen LogP contribution is 2.34. The molecule has 0 aliphatic rings. The highest BCUT2D eigenvalue weighted by molar-refractivity contribution is 5.27. The molecule has 2 rings (SSSR count). The van der Waals surface area contributed by atoms with Gasteiger partial charge in [-0.05, 0) is 49.7 Å². The van der Waals surface area contributed by atoms with Crippen molar-refractivity contribution in [1.29, 1.82) is 0 Å². The summed E-state index contributed by atoms with van der Waals surface area (Å²) in [6.07, 6.45) is 15.3. The van der Waals surface area contributed by atoms with Crippen molar-refractivity contribution in [2.24, 2.45) is 0 Å². The smallest absolute Gasteiger partial charge is 0.167 e. The molecule has 2 aromatic rings. The minimum atomic E-state index is -0.485. The van der Waals surface area contributed by atoms with Crippen LogP contribution < -0.4 is 0 Å². The van der Waals surface area contributed by atoms with Crippen molar-refractivity contribution < 1.29 is 33.2 Å². The van der Waals surface area contributed by atoms with Crippen molar-refractivity contribution in [3.8, 4) is 0 Å². The molecule has 0 aromatic heterocycles. The van der Waals surface area contributed by atoms with Gasteiger partial charge in [0.15, 0.2) is 25.1 Å². The van der Waals surface area contributed by atoms with Crippen molar-refractivity contribution in [3.05, 3.63) is 94.8 Å². The number of rotatable bonds is 34. The Kier molecular flexibility index (Phi) is 27.3. The molecule has 0 radical (unpaired) electrons. The maximum absolute atomic E-state index is 6.59. The van der Waals surface area contributed by atoms with E-state index in [0.717, 1.165) is 137 Å². The lowest BCUT2D eigenvalue weighted by atomic mass is 10.0. The van der Waals surface area contributed by atoms with E-state index in [0.29, 0.717) is 26.4 Å². The minimum Gasteiger partial charge on any atom is -0.494 e. The summed E-state index contributed by atoms with van der Waals surface area (Å²) in [6.45, 7) is 15.7. The highest BCUT2D eigenvalue weighted by atomic mass is 16.7. The van der Waals surface area contributed by atoms with Crippen LogP contribution in [-0.4, -0.2) is 40.0 Å². The fraction of sp³-hybridized carbons (Fsp3) is 0.652. The molecule has 7 nitrogen and oxygen atoms in total. The first-order chi connectivity index (χ1) is 26.1. The van der Waals surface area contributed by atoms with Crippen LogP contribution in [0.3, 0.4) is 0 Å². The summed E-state index contributed by atoms with van der Waals surface area (Å²) in [5.74, 6) is 3.27. The summed E-state index contributed by atoms with van der Waals surface area (Å²) in [5, 5.41) is 0. The Bertz CT molecular complexity index is 1080. The van der Waals surface area contributed by atoms with Gasteiger partial charge in [0, 0.05) is 12.8 Å². The van der Waals surface area contributed by atoms with Gasteiger partial charge in [-0.1, -0.05) is 154 Å². The molecule has 0 heterocycles. The number of benzene rings is 2. The average Bonchev–Trinajstić information content (AvgIpc) is 3.19. The zero-order chi connectivity index (χ0) is 38.2. The third kappa shape index (κ3) is 19.2. The Morgan fingerprint density at radius 2 is 0.755 bits per heavy atom. The SMILES string of the molecule is CCCCCC(OCCCC)=C(OCCCC)C(OCOCOC(C(OCCCC)=C(CCCCC)OCCCC)c1ccccc1)c1ccccc1. The van der Waals surface area contributed by atoms with Crippen LogP contribution in [-0.2, 0) is 33.2 Å². The lowest BCUT2D eigenvalue weighted by Crippen LogP contribution is -2.19. The van der Waals surface area contributed by atoms with Gasteiger partial charge in [0.2, 0.25) is 0 Å². The quantitative estimate of drug-likeness (QED) is 0.0402. The fourth-order valence-electron chi connectivity index (χ4n) is 5.71. The molecular weight excluding hydrogens is 664 g/mol. The second-order valence-corrected chi connectivity index (χ2v) is 13.7. The van der Waals surface area contributed by atoms with E-state index in [1.807, 2.05) is 36.4 Å². The molecule has 300 valence electrons. The Labute approximate surface area is 323 Å². The lowest BCUT2D eigenvalue weighted by Gasteiger charge is -2.26. The largest absolute Gasteiger partial charge is 0.494 e. The normalized spacial score (nSPS) is 13.5. The third-order valence-corrected chi connectivity index (χ3v) is 8.94. The Morgan fingerprint density at radius 3 is 1.09 bits per heavy atom. The highest BCUT2D eigenvalue weighted by Gasteiger charge is 2.27. The van der Waals surface area contributed by atoms with Gasteiger partial charge in [-0.2, -0.15) is 0 Å². The predicted octanol–water partition coefficient (Wildman–Crippen LogP) is 13.3. The van der Waals surface area contributed by atoms with E-state index in [4.69, 9.17) is 33.2 Å². The fourth-order valence-corrected chi connectivity index (χ4v) is 5.71. The second-order valence-electron chi connectivity index (χ2n) is 13.7. The Balaban J connectivity index is 2.40. The van der Waals surface area contributed by atoms with Gasteiger partial charge in [-0.25, -0.2) is 0 Å². The van der Waals surface area contributed by atoms with E-state index in [1.165, 1.54) is 0 Å². The predicted molar refractivity (Wildman–Crippen MR) is 217 cm³/mol. The molecule has 2 unspecified atom stereocenters. The van der Waals surface area contributed by atoms with Crippen LogP contribution in [0.5, 0.6) is 0 Å². The molecule has 0 aliphatic heterocycles. The van der Waals surface area contributed by atoms with E-state index >= 15 is 0 Å². The molecule has 0 spiro atoms. The zero-order valence-electron chi connectivity index (χ0n) is 34.3. The molecule has 0 saturated heterocycles. The van der Waals surface area contributed by atoms with E-state index in [2.05, 4.69) is 65.8 Å². The first-order valence-corrected chi connectivity index (χ1v) is 21.0. The number of hydrogen-bond donors (Lipinski definition) is 0. The summed E-state index contributed by atoms with van der Waals surface area (Å²) in [5.41, 5.74) is 1.99. The second kappa shape index (κ2) is 31.4. The Hall–Kier alpha value is -3.00. The molecule has 7 heteroatoms. The van der Waals surface area contributed by atoms with E-state index in [9.17, 15) is 0 Å². The van der Waals surface area contributed by atoms with E-state index < -0.39 is 12.2 Å². The van der Waals surface area contributed by atoms with Gasteiger partial charge < -0.3 is 33.2 Å². The van der Waals surface area contributed by atoms with Gasteiger partial charge in [-0.15, -0.1) is 0 Å². The molecular formula is C46H74O7. The van der Waals surface area contributed by atoms with Crippen LogP contribution in [0.2, 0.25) is 0 Å². The average molecular weight is 739 g/mol.